The number of hydrogen-bond donors (Lipinski definition) is 0. The van der Waals surface area contributed by atoms with E-state index in [1.165, 1.54) is 0 Å². The fourth-order valence-electron chi connectivity index (χ4n) is 1.97. The maximum atomic E-state index is 14.3. The van der Waals surface area contributed by atoms with Crippen LogP contribution in [0.25, 0.3) is 0 Å². The highest BCUT2D eigenvalue weighted by molar-refractivity contribution is 5.90. The summed E-state index contributed by atoms with van der Waals surface area (Å²) in [6, 6.07) is 0. The molecule has 0 saturated heterocycles. The smallest absolute Gasteiger partial charge is 0.296 e. The number of ketones is 1. The number of Topliss-reactive ketones (excluding diaryl/α,β-unsaturated/α-hetero) is 1. The van der Waals surface area contributed by atoms with Gasteiger partial charge in [0, 0.05) is 6.42 Å². The number of halogens is 17. The van der Waals surface area contributed by atoms with Crippen LogP contribution in [0.5, 0.6) is 0 Å². The molecule has 0 rings (SSSR count). The van der Waals surface area contributed by atoms with Crippen LogP contribution in [0.4, 0.5) is 74.6 Å². The fourth-order valence-corrected chi connectivity index (χ4v) is 1.97. The Morgan fingerprint density at radius 1 is 0.517 bits per heavy atom. The number of rotatable bonds is 6. The van der Waals surface area contributed by atoms with Crippen molar-refractivity contribution in [2.45, 2.75) is 61.0 Å². The Hall–Kier alpha value is -1.52. The third kappa shape index (κ3) is 3.29. The summed E-state index contributed by atoms with van der Waals surface area (Å²) in [6.45, 7) is -0.0834. The van der Waals surface area contributed by atoms with Crippen molar-refractivity contribution in [1.82, 2.24) is 0 Å². The van der Waals surface area contributed by atoms with Crippen LogP contribution < -0.4 is 0 Å². The lowest BCUT2D eigenvalue weighted by Crippen LogP contribution is -2.80. The molecule has 0 heterocycles. The molecule has 0 aromatic rings. The normalized spacial score (nSPS) is 17.9. The van der Waals surface area contributed by atoms with Crippen LogP contribution in [0.3, 0.4) is 0 Å². The molecule has 0 N–H and O–H groups in total. The molecule has 0 bridgehead atoms. The Kier molecular flexibility index (Phi) is 6.39. The summed E-state index contributed by atoms with van der Waals surface area (Å²) in [7, 11) is 0. The van der Waals surface area contributed by atoms with E-state index in [1.807, 2.05) is 0 Å². The van der Waals surface area contributed by atoms with Crippen LogP contribution in [0.2, 0.25) is 0 Å². The summed E-state index contributed by atoms with van der Waals surface area (Å²) in [5.74, 6) is -29.2. The lowest BCUT2D eigenvalue weighted by atomic mass is 9.72. The van der Waals surface area contributed by atoms with Gasteiger partial charge in [0.1, 0.15) is 0 Å². The summed E-state index contributed by atoms with van der Waals surface area (Å²) in [5, 5.41) is 0. The van der Waals surface area contributed by atoms with E-state index < -0.39 is 59.8 Å². The molecule has 0 radical (unpaired) electrons. The van der Waals surface area contributed by atoms with Crippen molar-refractivity contribution in [3.8, 4) is 0 Å². The molecule has 29 heavy (non-hydrogen) atoms. The van der Waals surface area contributed by atoms with Gasteiger partial charge in [-0.25, -0.2) is 8.78 Å². The minimum Gasteiger partial charge on any atom is -0.296 e. The molecule has 0 aromatic carbocycles. The molecule has 0 aliphatic rings. The second-order valence-corrected chi connectivity index (χ2v) is 5.31. The van der Waals surface area contributed by atoms with Gasteiger partial charge in [0.2, 0.25) is 0 Å². The van der Waals surface area contributed by atoms with Crippen molar-refractivity contribution in [2.75, 3.05) is 0 Å². The van der Waals surface area contributed by atoms with E-state index >= 15 is 0 Å². The van der Waals surface area contributed by atoms with Crippen LogP contribution in [-0.2, 0) is 4.79 Å². The molecule has 0 aliphatic carbocycles. The molecule has 1 atom stereocenters. The van der Waals surface area contributed by atoms with Gasteiger partial charge in [0.05, 0.1) is 0 Å². The Bertz CT molecular complexity index is 609. The maximum Gasteiger partial charge on any atom is 0.460 e. The van der Waals surface area contributed by atoms with Crippen LogP contribution >= 0.6 is 0 Å². The predicted molar refractivity (Wildman–Crippen MR) is 56.0 cm³/mol. The van der Waals surface area contributed by atoms with Crippen molar-refractivity contribution < 1.29 is 79.4 Å². The fraction of sp³-hybridized carbons (Fsp3) is 0.909. The van der Waals surface area contributed by atoms with Gasteiger partial charge in [0.15, 0.2) is 5.78 Å². The first-order valence-electron chi connectivity index (χ1n) is 6.48. The standard InChI is InChI=1S/C11H5F17O/c1-2-3(29)4(12,5(13,9(20,21)22)10(23,24)25)6(14,15)7(16,17)8(18,19)11(26,27)28/h2H2,1H3. The van der Waals surface area contributed by atoms with Gasteiger partial charge in [-0.3, -0.25) is 4.79 Å². The second-order valence-electron chi connectivity index (χ2n) is 5.31. The van der Waals surface area contributed by atoms with Crippen molar-refractivity contribution >= 4 is 5.78 Å². The van der Waals surface area contributed by atoms with Crippen LogP contribution in [0.15, 0.2) is 0 Å². The van der Waals surface area contributed by atoms with Gasteiger partial charge in [0.25, 0.3) is 5.67 Å². The predicted octanol–water partition coefficient (Wildman–Crippen LogP) is 5.97. The number of alkyl halides is 17. The molecule has 0 amide bonds. The lowest BCUT2D eigenvalue weighted by Gasteiger charge is -2.46. The first-order valence-corrected chi connectivity index (χ1v) is 6.48. The van der Waals surface area contributed by atoms with Crippen molar-refractivity contribution in [3.05, 3.63) is 0 Å². The molecular weight excluding hydrogens is 471 g/mol. The molecule has 0 spiro atoms. The van der Waals surface area contributed by atoms with Gasteiger partial charge in [-0.05, 0) is 0 Å². The first-order chi connectivity index (χ1) is 12.2. The maximum absolute atomic E-state index is 14.3. The molecule has 1 unspecified atom stereocenters. The van der Waals surface area contributed by atoms with E-state index in [-0.39, 0.29) is 6.92 Å². The highest BCUT2D eigenvalue weighted by atomic mass is 19.4. The summed E-state index contributed by atoms with van der Waals surface area (Å²) in [6.07, 6.45) is -26.3. The van der Waals surface area contributed by atoms with E-state index in [2.05, 4.69) is 0 Å². The van der Waals surface area contributed by atoms with Gasteiger partial charge in [-0.1, -0.05) is 6.92 Å². The minimum atomic E-state index is -8.52. The van der Waals surface area contributed by atoms with E-state index in [0.717, 1.165) is 0 Å². The highest BCUT2D eigenvalue weighted by Crippen LogP contribution is 2.65. The summed E-state index contributed by atoms with van der Waals surface area (Å²) < 4.78 is 219. The summed E-state index contributed by atoms with van der Waals surface area (Å²) in [5.41, 5.74) is -16.3. The summed E-state index contributed by atoms with van der Waals surface area (Å²) >= 11 is 0. The van der Waals surface area contributed by atoms with Gasteiger partial charge < -0.3 is 0 Å². The van der Waals surface area contributed by atoms with Gasteiger partial charge in [-0.15, -0.1) is 0 Å². The van der Waals surface area contributed by atoms with E-state index in [9.17, 15) is 79.4 Å². The quantitative estimate of drug-likeness (QED) is 0.432. The molecule has 18 heteroatoms. The van der Waals surface area contributed by atoms with E-state index in [1.54, 1.807) is 0 Å². The van der Waals surface area contributed by atoms with Crippen LogP contribution in [-0.4, -0.2) is 53.4 Å². The third-order valence-corrected chi connectivity index (χ3v) is 3.54. The van der Waals surface area contributed by atoms with Gasteiger partial charge >= 0.3 is 42.0 Å². The molecule has 0 fully saturated rings. The molecule has 0 saturated carbocycles. The zero-order valence-corrected chi connectivity index (χ0v) is 13.0. The third-order valence-electron chi connectivity index (χ3n) is 3.54. The molecule has 174 valence electrons. The molecule has 0 aliphatic heterocycles. The zero-order chi connectivity index (χ0) is 24.3. The van der Waals surface area contributed by atoms with Gasteiger partial charge in [-0.2, -0.15) is 65.9 Å². The first kappa shape index (κ1) is 27.5. The highest BCUT2D eigenvalue weighted by Gasteiger charge is 2.97. The van der Waals surface area contributed by atoms with E-state index in [4.69, 9.17) is 0 Å². The van der Waals surface area contributed by atoms with Crippen molar-refractivity contribution in [3.63, 3.8) is 0 Å². The van der Waals surface area contributed by atoms with Crippen LogP contribution in [0, 0.1) is 0 Å². The zero-order valence-electron chi connectivity index (χ0n) is 13.0. The average molecular weight is 476 g/mol. The molecular formula is C11H5F17O. The van der Waals surface area contributed by atoms with E-state index in [0.29, 0.717) is 0 Å². The Morgan fingerprint density at radius 3 is 1.03 bits per heavy atom. The largest absolute Gasteiger partial charge is 0.460 e. The average Bonchev–Trinajstić information content (AvgIpc) is 2.48. The minimum absolute atomic E-state index is 0.0834. The van der Waals surface area contributed by atoms with Crippen molar-refractivity contribution in [2.24, 2.45) is 0 Å². The van der Waals surface area contributed by atoms with Crippen LogP contribution in [0.1, 0.15) is 13.3 Å². The number of carbonyl (C=O) groups excluding carboxylic acids is 1. The monoisotopic (exact) mass is 476 g/mol. The molecule has 0 aromatic heterocycles. The SMILES string of the molecule is CCC(=O)C(F)(C(F)(F)C(F)(F)C(F)(F)C(F)(F)F)C(F)(C(F)(F)F)C(F)(F)F. The molecule has 1 nitrogen and oxygen atoms in total. The van der Waals surface area contributed by atoms with Crippen molar-refractivity contribution in [1.29, 1.82) is 0 Å². The second kappa shape index (κ2) is 6.75. The summed E-state index contributed by atoms with van der Waals surface area (Å²) in [4.78, 5) is 11.1. The lowest BCUT2D eigenvalue weighted by molar-refractivity contribution is -0.442. The number of hydrogen-bond acceptors (Lipinski definition) is 1. The Balaban J connectivity index is 7.49. The topological polar surface area (TPSA) is 17.1 Å². The number of carbonyl (C=O) groups is 1. The Labute approximate surface area is 147 Å². The Morgan fingerprint density at radius 2 is 0.828 bits per heavy atom.